The van der Waals surface area contributed by atoms with Crippen LogP contribution in [0.4, 0.5) is 11.4 Å². The van der Waals surface area contributed by atoms with Crippen LogP contribution in [0.15, 0.2) is 46.9 Å². The van der Waals surface area contributed by atoms with E-state index in [0.717, 1.165) is 16.7 Å². The Kier molecular flexibility index (Phi) is 2.01. The van der Waals surface area contributed by atoms with Crippen LogP contribution in [0.3, 0.4) is 0 Å². The lowest BCUT2D eigenvalue weighted by molar-refractivity contribution is 0.620. The molecule has 0 spiro atoms. The van der Waals surface area contributed by atoms with Crippen molar-refractivity contribution in [3.8, 4) is 11.5 Å². The highest BCUT2D eigenvalue weighted by atomic mass is 16.3. The van der Waals surface area contributed by atoms with Crippen LogP contribution in [0.5, 0.6) is 0 Å². The van der Waals surface area contributed by atoms with Crippen molar-refractivity contribution in [2.75, 3.05) is 11.5 Å². The average molecular weight is 225 g/mol. The minimum atomic E-state index is 0.554. The fourth-order valence-corrected chi connectivity index (χ4v) is 1.74. The van der Waals surface area contributed by atoms with Gasteiger partial charge in [0.05, 0.1) is 0 Å². The van der Waals surface area contributed by atoms with Gasteiger partial charge in [0.15, 0.2) is 5.58 Å². The summed E-state index contributed by atoms with van der Waals surface area (Å²) in [6.45, 7) is 0. The third-order valence-electron chi connectivity index (χ3n) is 2.55. The number of hydrogen-bond acceptors (Lipinski definition) is 4. The number of oxazole rings is 1. The fourth-order valence-electron chi connectivity index (χ4n) is 1.74. The molecule has 4 heteroatoms. The zero-order valence-corrected chi connectivity index (χ0v) is 9.05. The molecule has 0 radical (unpaired) electrons. The summed E-state index contributed by atoms with van der Waals surface area (Å²) in [7, 11) is 0. The van der Waals surface area contributed by atoms with Crippen molar-refractivity contribution in [2.45, 2.75) is 0 Å². The van der Waals surface area contributed by atoms with E-state index < -0.39 is 0 Å². The van der Waals surface area contributed by atoms with E-state index in [1.807, 2.05) is 30.3 Å². The largest absolute Gasteiger partial charge is 0.436 e. The van der Waals surface area contributed by atoms with Gasteiger partial charge in [-0.05, 0) is 36.4 Å². The van der Waals surface area contributed by atoms with E-state index in [0.29, 0.717) is 17.3 Å². The number of nitrogens with two attached hydrogens (primary N) is 2. The quantitative estimate of drug-likeness (QED) is 0.624. The Morgan fingerprint density at radius 2 is 1.76 bits per heavy atom. The number of hydrogen-bond donors (Lipinski definition) is 2. The summed E-state index contributed by atoms with van der Waals surface area (Å²) < 4.78 is 5.64. The molecule has 0 amide bonds. The minimum absolute atomic E-state index is 0.554. The third-order valence-corrected chi connectivity index (χ3v) is 2.55. The molecule has 1 aromatic heterocycles. The summed E-state index contributed by atoms with van der Waals surface area (Å²) in [6.07, 6.45) is 0. The van der Waals surface area contributed by atoms with Gasteiger partial charge in [0.25, 0.3) is 0 Å². The molecule has 17 heavy (non-hydrogen) atoms. The van der Waals surface area contributed by atoms with E-state index >= 15 is 0 Å². The molecule has 84 valence electrons. The van der Waals surface area contributed by atoms with Crippen molar-refractivity contribution in [3.05, 3.63) is 42.5 Å². The fraction of sp³-hybridized carbons (Fsp3) is 0. The van der Waals surface area contributed by atoms with E-state index in [2.05, 4.69) is 4.98 Å². The average Bonchev–Trinajstić information content (AvgIpc) is 2.72. The van der Waals surface area contributed by atoms with Crippen LogP contribution in [0.1, 0.15) is 0 Å². The van der Waals surface area contributed by atoms with Crippen LogP contribution < -0.4 is 11.5 Å². The van der Waals surface area contributed by atoms with Gasteiger partial charge in [-0.2, -0.15) is 0 Å². The van der Waals surface area contributed by atoms with Gasteiger partial charge in [-0.25, -0.2) is 4.98 Å². The predicted molar refractivity (Wildman–Crippen MR) is 68.3 cm³/mol. The molecular formula is C13H11N3O. The summed E-state index contributed by atoms with van der Waals surface area (Å²) in [5, 5.41) is 0. The highest BCUT2D eigenvalue weighted by Gasteiger charge is 2.08. The van der Waals surface area contributed by atoms with Gasteiger partial charge in [0.1, 0.15) is 5.52 Å². The van der Waals surface area contributed by atoms with Crippen molar-refractivity contribution < 1.29 is 4.42 Å². The normalized spacial score (nSPS) is 10.8. The van der Waals surface area contributed by atoms with Gasteiger partial charge < -0.3 is 15.9 Å². The lowest BCUT2D eigenvalue weighted by Gasteiger charge is -1.95. The Morgan fingerprint density at radius 1 is 0.941 bits per heavy atom. The molecule has 0 saturated carbocycles. The second kappa shape index (κ2) is 3.52. The lowest BCUT2D eigenvalue weighted by Crippen LogP contribution is -1.85. The molecule has 0 aliphatic heterocycles. The monoisotopic (exact) mass is 225 g/mol. The molecule has 4 nitrogen and oxygen atoms in total. The number of nitrogen functional groups attached to an aromatic ring is 2. The first-order valence-corrected chi connectivity index (χ1v) is 5.24. The van der Waals surface area contributed by atoms with Crippen LogP contribution in [-0.4, -0.2) is 4.98 Å². The number of benzene rings is 2. The maximum Gasteiger partial charge on any atom is 0.227 e. The number of rotatable bonds is 1. The molecule has 0 bridgehead atoms. The van der Waals surface area contributed by atoms with Gasteiger partial charge in [-0.3, -0.25) is 0 Å². The molecule has 1 heterocycles. The molecule has 4 N–H and O–H groups in total. The summed E-state index contributed by atoms with van der Waals surface area (Å²) >= 11 is 0. The van der Waals surface area contributed by atoms with E-state index in [1.165, 1.54) is 0 Å². The zero-order chi connectivity index (χ0) is 11.8. The number of nitrogens with zero attached hydrogens (tertiary/aromatic N) is 1. The highest BCUT2D eigenvalue weighted by Crippen LogP contribution is 2.26. The molecule has 0 aliphatic rings. The lowest BCUT2D eigenvalue weighted by atomic mass is 10.2. The number of fused-ring (bicyclic) bond motifs is 1. The molecule has 0 fully saturated rings. The zero-order valence-electron chi connectivity index (χ0n) is 9.05. The summed E-state index contributed by atoms with van der Waals surface area (Å²) in [5.74, 6) is 0.554. The Bertz CT molecular complexity index is 688. The highest BCUT2D eigenvalue weighted by molar-refractivity contribution is 5.79. The molecule has 2 aromatic carbocycles. The third kappa shape index (κ3) is 1.69. The molecule has 0 aliphatic carbocycles. The molecule has 3 rings (SSSR count). The first-order valence-electron chi connectivity index (χ1n) is 5.24. The van der Waals surface area contributed by atoms with Crippen molar-refractivity contribution in [1.29, 1.82) is 0 Å². The molecule has 0 unspecified atom stereocenters. The summed E-state index contributed by atoms with van der Waals surface area (Å²) in [5.41, 5.74) is 15.1. The van der Waals surface area contributed by atoms with Crippen molar-refractivity contribution >= 4 is 22.5 Å². The Hall–Kier alpha value is -2.49. The molecular weight excluding hydrogens is 214 g/mol. The van der Waals surface area contributed by atoms with Gasteiger partial charge in [-0.15, -0.1) is 0 Å². The smallest absolute Gasteiger partial charge is 0.227 e. The Balaban J connectivity index is 2.18. The second-order valence-corrected chi connectivity index (χ2v) is 3.87. The van der Waals surface area contributed by atoms with E-state index in [9.17, 15) is 0 Å². The van der Waals surface area contributed by atoms with Gasteiger partial charge in [0, 0.05) is 16.9 Å². The first-order chi connectivity index (χ1) is 8.22. The van der Waals surface area contributed by atoms with Gasteiger partial charge in [0.2, 0.25) is 5.89 Å². The molecule has 3 aromatic rings. The second-order valence-electron chi connectivity index (χ2n) is 3.87. The van der Waals surface area contributed by atoms with Crippen LogP contribution in [0, 0.1) is 0 Å². The van der Waals surface area contributed by atoms with E-state index in [1.54, 1.807) is 12.1 Å². The van der Waals surface area contributed by atoms with Gasteiger partial charge >= 0.3 is 0 Å². The van der Waals surface area contributed by atoms with E-state index in [4.69, 9.17) is 15.9 Å². The Morgan fingerprint density at radius 3 is 2.59 bits per heavy atom. The summed E-state index contributed by atoms with van der Waals surface area (Å²) in [4.78, 5) is 4.38. The standard InChI is InChI=1S/C13H11N3O/c14-9-3-1-2-8(6-9)13-16-11-7-10(15)4-5-12(11)17-13/h1-7H,14-15H2. The SMILES string of the molecule is Nc1cccc(-c2nc3cc(N)ccc3o2)c1. The van der Waals surface area contributed by atoms with Crippen LogP contribution in [0.25, 0.3) is 22.6 Å². The minimum Gasteiger partial charge on any atom is -0.436 e. The van der Waals surface area contributed by atoms with Crippen LogP contribution in [-0.2, 0) is 0 Å². The molecule has 0 saturated heterocycles. The van der Waals surface area contributed by atoms with Crippen LogP contribution in [0.2, 0.25) is 0 Å². The number of aromatic nitrogens is 1. The number of anilines is 2. The molecule has 0 atom stereocenters. The van der Waals surface area contributed by atoms with Crippen molar-refractivity contribution in [1.82, 2.24) is 4.98 Å². The van der Waals surface area contributed by atoms with Crippen LogP contribution >= 0.6 is 0 Å². The summed E-state index contributed by atoms with van der Waals surface area (Å²) in [6, 6.07) is 12.8. The van der Waals surface area contributed by atoms with E-state index in [-0.39, 0.29) is 0 Å². The van der Waals surface area contributed by atoms with Gasteiger partial charge in [-0.1, -0.05) is 6.07 Å². The first kappa shape index (κ1) is 9.72. The Labute approximate surface area is 97.9 Å². The van der Waals surface area contributed by atoms with Crippen molar-refractivity contribution in [2.24, 2.45) is 0 Å². The maximum atomic E-state index is 5.72. The maximum absolute atomic E-state index is 5.72. The van der Waals surface area contributed by atoms with Crippen molar-refractivity contribution in [3.63, 3.8) is 0 Å². The topological polar surface area (TPSA) is 78.1 Å². The predicted octanol–water partition coefficient (Wildman–Crippen LogP) is 2.66.